The number of amides is 2. The van der Waals surface area contributed by atoms with Crippen molar-refractivity contribution in [1.82, 2.24) is 5.32 Å². The highest BCUT2D eigenvalue weighted by Gasteiger charge is 2.50. The third-order valence-electron chi connectivity index (χ3n) is 5.53. The van der Waals surface area contributed by atoms with Crippen LogP contribution in [0.15, 0.2) is 42.5 Å². The summed E-state index contributed by atoms with van der Waals surface area (Å²) in [6, 6.07) is 11.4. The molecule has 0 bridgehead atoms. The van der Waals surface area contributed by atoms with Gasteiger partial charge in [-0.1, -0.05) is 0 Å². The minimum Gasteiger partial charge on any atom is -0.497 e. The summed E-state index contributed by atoms with van der Waals surface area (Å²) in [6.45, 7) is 0.422. The highest BCUT2D eigenvalue weighted by molar-refractivity contribution is 5.94. The van der Waals surface area contributed by atoms with Crippen LogP contribution in [0.4, 0.5) is 10.5 Å². The topological polar surface area (TPSA) is 114 Å². The van der Waals surface area contributed by atoms with Gasteiger partial charge in [0.15, 0.2) is 6.10 Å². The van der Waals surface area contributed by atoms with Crippen LogP contribution < -0.4 is 24.8 Å². The molecule has 2 fully saturated rings. The van der Waals surface area contributed by atoms with Crippen molar-refractivity contribution < 1.29 is 38.0 Å². The van der Waals surface area contributed by atoms with Crippen LogP contribution in [0, 0.1) is 0 Å². The third kappa shape index (κ3) is 5.12. The molecule has 2 saturated heterocycles. The minimum atomic E-state index is -0.658. The molecule has 2 aliphatic heterocycles. The van der Waals surface area contributed by atoms with Crippen molar-refractivity contribution in [3.63, 3.8) is 0 Å². The summed E-state index contributed by atoms with van der Waals surface area (Å²) in [4.78, 5) is 25.0. The largest absolute Gasteiger partial charge is 0.497 e. The number of carbonyl (C=O) groups excluding carboxylic acids is 2. The molecule has 10 nitrogen and oxygen atoms in total. The second kappa shape index (κ2) is 9.97. The lowest BCUT2D eigenvalue weighted by Gasteiger charge is -2.18. The molecule has 4 atom stereocenters. The molecule has 33 heavy (non-hydrogen) atoms. The Kier molecular flexibility index (Phi) is 6.85. The zero-order valence-electron chi connectivity index (χ0n) is 18.5. The summed E-state index contributed by atoms with van der Waals surface area (Å²) in [6.07, 6.45) is -2.15. The standard InChI is InChI=1S/C23H26N2O8/c1-28-15-6-4-13(5-7-15)22(26)25-18-11-31-21-19(12-32-20(18)21)33-23(27)24-14-8-16(29-2)10-17(9-14)30-3/h4-10,18-21H,11-12H2,1-3H3,(H,24,27)(H,25,26). The number of hydrogen-bond acceptors (Lipinski definition) is 8. The van der Waals surface area contributed by atoms with Crippen molar-refractivity contribution >= 4 is 17.7 Å². The Morgan fingerprint density at radius 2 is 1.48 bits per heavy atom. The second-order valence-corrected chi connectivity index (χ2v) is 7.57. The fourth-order valence-corrected chi connectivity index (χ4v) is 3.85. The molecule has 2 aromatic rings. The summed E-state index contributed by atoms with van der Waals surface area (Å²) in [5.74, 6) is 1.48. The maximum atomic E-state index is 12.6. The van der Waals surface area contributed by atoms with Crippen LogP contribution in [0.25, 0.3) is 0 Å². The van der Waals surface area contributed by atoms with E-state index < -0.39 is 24.4 Å². The lowest BCUT2D eigenvalue weighted by atomic mass is 10.1. The van der Waals surface area contributed by atoms with E-state index in [-0.39, 0.29) is 25.2 Å². The van der Waals surface area contributed by atoms with Gasteiger partial charge in [-0.15, -0.1) is 0 Å². The van der Waals surface area contributed by atoms with Crippen molar-refractivity contribution in [1.29, 1.82) is 0 Å². The molecule has 0 spiro atoms. The molecule has 4 rings (SSSR count). The van der Waals surface area contributed by atoms with Crippen molar-refractivity contribution in [2.75, 3.05) is 39.9 Å². The predicted molar refractivity (Wildman–Crippen MR) is 117 cm³/mol. The van der Waals surface area contributed by atoms with E-state index in [4.69, 9.17) is 28.4 Å². The highest BCUT2D eigenvalue weighted by atomic mass is 16.6. The number of rotatable bonds is 7. The number of carbonyl (C=O) groups is 2. The number of benzene rings is 2. The van der Waals surface area contributed by atoms with E-state index in [1.807, 2.05) is 0 Å². The van der Waals surface area contributed by atoms with E-state index in [2.05, 4.69) is 10.6 Å². The van der Waals surface area contributed by atoms with Gasteiger partial charge in [0, 0.05) is 23.8 Å². The summed E-state index contributed by atoms with van der Waals surface area (Å²) in [5, 5.41) is 5.59. The Hall–Kier alpha value is -3.50. The molecule has 2 aromatic carbocycles. The van der Waals surface area contributed by atoms with Crippen LogP contribution in [0.3, 0.4) is 0 Å². The molecule has 0 aliphatic carbocycles. The van der Waals surface area contributed by atoms with Crippen molar-refractivity contribution in [2.24, 2.45) is 0 Å². The van der Waals surface area contributed by atoms with E-state index in [0.29, 0.717) is 28.5 Å². The quantitative estimate of drug-likeness (QED) is 0.650. The van der Waals surface area contributed by atoms with Crippen molar-refractivity contribution in [3.05, 3.63) is 48.0 Å². The van der Waals surface area contributed by atoms with Crippen LogP contribution >= 0.6 is 0 Å². The van der Waals surface area contributed by atoms with Crippen LogP contribution in [-0.4, -0.2) is 70.9 Å². The Morgan fingerprint density at radius 1 is 0.848 bits per heavy atom. The molecule has 176 valence electrons. The first-order valence-electron chi connectivity index (χ1n) is 10.4. The maximum Gasteiger partial charge on any atom is 0.412 e. The average Bonchev–Trinajstić information content (AvgIpc) is 3.42. The number of hydrogen-bond donors (Lipinski definition) is 2. The number of fused-ring (bicyclic) bond motifs is 1. The average molecular weight is 458 g/mol. The van der Waals surface area contributed by atoms with Gasteiger partial charge in [-0.2, -0.15) is 0 Å². The molecule has 0 saturated carbocycles. The normalized spacial score (nSPS) is 23.4. The summed E-state index contributed by atoms with van der Waals surface area (Å²) in [7, 11) is 4.61. The van der Waals surface area contributed by atoms with E-state index in [1.165, 1.54) is 14.2 Å². The summed E-state index contributed by atoms with van der Waals surface area (Å²) in [5.41, 5.74) is 0.960. The first kappa shape index (κ1) is 22.7. The molecule has 2 N–H and O–H groups in total. The van der Waals surface area contributed by atoms with Gasteiger partial charge < -0.3 is 33.7 Å². The molecule has 2 heterocycles. The van der Waals surface area contributed by atoms with Gasteiger partial charge in [0.25, 0.3) is 5.91 Å². The number of nitrogens with one attached hydrogen (secondary N) is 2. The molecule has 2 amide bonds. The SMILES string of the molecule is COc1ccc(C(=O)NC2COC3C(OC(=O)Nc4cc(OC)cc(OC)c4)COC23)cc1. The van der Waals surface area contributed by atoms with Gasteiger partial charge in [0.1, 0.15) is 29.5 Å². The van der Waals surface area contributed by atoms with Gasteiger partial charge in [-0.3, -0.25) is 10.1 Å². The fourth-order valence-electron chi connectivity index (χ4n) is 3.85. The molecule has 10 heteroatoms. The molecule has 0 aromatic heterocycles. The minimum absolute atomic E-state index is 0.166. The Balaban J connectivity index is 1.32. The Morgan fingerprint density at radius 3 is 2.12 bits per heavy atom. The van der Waals surface area contributed by atoms with Gasteiger partial charge >= 0.3 is 6.09 Å². The monoisotopic (exact) mass is 458 g/mol. The third-order valence-corrected chi connectivity index (χ3v) is 5.53. The van der Waals surface area contributed by atoms with Gasteiger partial charge in [0.2, 0.25) is 0 Å². The first-order chi connectivity index (χ1) is 16.0. The lowest BCUT2D eigenvalue weighted by Crippen LogP contribution is -2.44. The summed E-state index contributed by atoms with van der Waals surface area (Å²) >= 11 is 0. The number of ether oxygens (including phenoxy) is 6. The second-order valence-electron chi connectivity index (χ2n) is 7.57. The lowest BCUT2D eigenvalue weighted by molar-refractivity contribution is 0.00861. The van der Waals surface area contributed by atoms with Gasteiger partial charge in [0.05, 0.1) is 46.3 Å². The number of methoxy groups -OCH3 is 3. The predicted octanol–water partition coefficient (Wildman–Crippen LogP) is 2.23. The Bertz CT molecular complexity index is 974. The molecular weight excluding hydrogens is 432 g/mol. The smallest absolute Gasteiger partial charge is 0.412 e. The van der Waals surface area contributed by atoms with Crippen LogP contribution in [0.2, 0.25) is 0 Å². The zero-order valence-corrected chi connectivity index (χ0v) is 18.5. The van der Waals surface area contributed by atoms with Gasteiger partial charge in [-0.05, 0) is 24.3 Å². The van der Waals surface area contributed by atoms with E-state index in [0.717, 1.165) is 0 Å². The van der Waals surface area contributed by atoms with Crippen molar-refractivity contribution in [3.8, 4) is 17.2 Å². The van der Waals surface area contributed by atoms with E-state index in [1.54, 1.807) is 49.6 Å². The first-order valence-corrected chi connectivity index (χ1v) is 10.4. The maximum absolute atomic E-state index is 12.6. The van der Waals surface area contributed by atoms with Crippen LogP contribution in [0.5, 0.6) is 17.2 Å². The molecule has 0 radical (unpaired) electrons. The molecule has 2 aliphatic rings. The fraction of sp³-hybridized carbons (Fsp3) is 0.391. The molecular formula is C23H26N2O8. The molecule has 4 unspecified atom stereocenters. The van der Waals surface area contributed by atoms with Crippen molar-refractivity contribution in [2.45, 2.75) is 24.4 Å². The highest BCUT2D eigenvalue weighted by Crippen LogP contribution is 2.30. The Labute approximate surface area is 191 Å². The zero-order chi connectivity index (χ0) is 23.4. The van der Waals surface area contributed by atoms with Crippen LogP contribution in [-0.2, 0) is 14.2 Å². The summed E-state index contributed by atoms with van der Waals surface area (Å²) < 4.78 is 32.6. The van der Waals surface area contributed by atoms with Crippen LogP contribution in [0.1, 0.15) is 10.4 Å². The van der Waals surface area contributed by atoms with E-state index in [9.17, 15) is 9.59 Å². The van der Waals surface area contributed by atoms with Gasteiger partial charge in [-0.25, -0.2) is 4.79 Å². The number of anilines is 1. The van der Waals surface area contributed by atoms with E-state index >= 15 is 0 Å².